The summed E-state index contributed by atoms with van der Waals surface area (Å²) in [4.78, 5) is 35.2. The number of hydrogen-bond acceptors (Lipinski definition) is 6. The third-order valence-electron chi connectivity index (χ3n) is 6.01. The lowest BCUT2D eigenvalue weighted by atomic mass is 9.99. The fraction of sp³-hybridized carbons (Fsp3) is 0.148. The van der Waals surface area contributed by atoms with E-state index >= 15 is 0 Å². The minimum absolute atomic E-state index is 0.0231. The average Bonchev–Trinajstić information content (AvgIpc) is 3.60. The second kappa shape index (κ2) is 9.34. The molecular formula is C27H21N3O5. The zero-order valence-electron chi connectivity index (χ0n) is 18.6. The number of carbonyl (C=O) groups is 3. The Hall–Kier alpha value is -4.59. The highest BCUT2D eigenvalue weighted by Gasteiger charge is 2.46. The van der Waals surface area contributed by atoms with Gasteiger partial charge < -0.3 is 9.47 Å². The summed E-state index contributed by atoms with van der Waals surface area (Å²) in [5.74, 6) is -0.636. The van der Waals surface area contributed by atoms with Crippen LogP contribution in [-0.4, -0.2) is 18.5 Å². The van der Waals surface area contributed by atoms with E-state index in [9.17, 15) is 14.4 Å². The number of alkyl carbamates (subject to hydrolysis) is 1. The van der Waals surface area contributed by atoms with Gasteiger partial charge in [-0.25, -0.2) is 4.79 Å². The lowest BCUT2D eigenvalue weighted by molar-refractivity contribution is -0.136. The van der Waals surface area contributed by atoms with Crippen LogP contribution in [-0.2, 0) is 31.3 Å². The van der Waals surface area contributed by atoms with Crippen LogP contribution in [0, 0.1) is 0 Å². The normalized spacial score (nSPS) is 15.6. The molecule has 1 aliphatic carbocycles. The predicted octanol–water partition coefficient (Wildman–Crippen LogP) is 5.10. The van der Waals surface area contributed by atoms with Gasteiger partial charge in [-0.3, -0.25) is 14.9 Å². The Morgan fingerprint density at radius 2 is 1.51 bits per heavy atom. The van der Waals surface area contributed by atoms with E-state index in [1.54, 1.807) is 0 Å². The minimum Gasteiger partial charge on any atom is -0.456 e. The highest BCUT2D eigenvalue weighted by molar-refractivity contribution is 6.06. The van der Waals surface area contributed by atoms with E-state index < -0.39 is 17.6 Å². The van der Waals surface area contributed by atoms with Crippen molar-refractivity contribution in [3.8, 4) is 11.1 Å². The fourth-order valence-electron chi connectivity index (χ4n) is 3.94. The van der Waals surface area contributed by atoms with Crippen LogP contribution in [0.4, 0.5) is 4.79 Å². The summed E-state index contributed by atoms with van der Waals surface area (Å²) < 4.78 is 10.5. The van der Waals surface area contributed by atoms with Crippen LogP contribution in [0.25, 0.3) is 16.8 Å². The number of ether oxygens (including phenoxy) is 2. The van der Waals surface area contributed by atoms with Gasteiger partial charge in [0.1, 0.15) is 23.6 Å². The summed E-state index contributed by atoms with van der Waals surface area (Å²) in [5.41, 5.74) is 4.17. The molecule has 0 bridgehead atoms. The van der Waals surface area contributed by atoms with Gasteiger partial charge in [-0.15, -0.1) is 10.2 Å². The Kier molecular flexibility index (Phi) is 5.93. The molecule has 1 fully saturated rings. The molecule has 0 atom stereocenters. The quantitative estimate of drug-likeness (QED) is 0.464. The molecular weight excluding hydrogens is 446 g/mol. The van der Waals surface area contributed by atoms with Crippen molar-refractivity contribution in [1.82, 2.24) is 5.32 Å². The summed E-state index contributed by atoms with van der Waals surface area (Å²) in [6, 6.07) is 24.5. The first kappa shape index (κ1) is 22.2. The summed E-state index contributed by atoms with van der Waals surface area (Å²) in [6.07, 6.45) is 0.905. The molecule has 2 amide bonds. The molecule has 0 saturated heterocycles. The van der Waals surface area contributed by atoms with Crippen molar-refractivity contribution in [2.75, 3.05) is 0 Å². The molecule has 1 N–H and O–H groups in total. The molecule has 0 spiro atoms. The largest absolute Gasteiger partial charge is 0.456 e. The van der Waals surface area contributed by atoms with Gasteiger partial charge in [0.2, 0.25) is 0 Å². The van der Waals surface area contributed by atoms with E-state index in [1.807, 2.05) is 78.9 Å². The molecule has 8 nitrogen and oxygen atoms in total. The molecule has 0 aromatic heterocycles. The van der Waals surface area contributed by atoms with E-state index in [4.69, 9.17) is 9.47 Å². The monoisotopic (exact) mass is 467 g/mol. The Balaban J connectivity index is 1.29. The molecule has 2 aliphatic rings. The van der Waals surface area contributed by atoms with Crippen LogP contribution in [0.5, 0.6) is 0 Å². The molecule has 0 unspecified atom stereocenters. The van der Waals surface area contributed by atoms with Gasteiger partial charge in [-0.2, -0.15) is 0 Å². The van der Waals surface area contributed by atoms with Crippen molar-refractivity contribution in [2.24, 2.45) is 10.2 Å². The van der Waals surface area contributed by atoms with E-state index in [0.717, 1.165) is 35.1 Å². The number of benzene rings is 3. The molecule has 174 valence electrons. The van der Waals surface area contributed by atoms with Crippen LogP contribution in [0.3, 0.4) is 0 Å². The van der Waals surface area contributed by atoms with Gasteiger partial charge in [-0.1, -0.05) is 78.9 Å². The van der Waals surface area contributed by atoms with Crippen molar-refractivity contribution in [3.05, 3.63) is 101 Å². The van der Waals surface area contributed by atoms with Crippen LogP contribution in [0.2, 0.25) is 0 Å². The van der Waals surface area contributed by atoms with Gasteiger partial charge in [0.15, 0.2) is 0 Å². The molecule has 3 aromatic carbocycles. The number of nitrogens with one attached hydrogen (secondary N) is 1. The Morgan fingerprint density at radius 3 is 2.14 bits per heavy atom. The van der Waals surface area contributed by atoms with Gasteiger partial charge in [0.05, 0.1) is 0 Å². The molecule has 1 heterocycles. The molecule has 1 aliphatic heterocycles. The Morgan fingerprint density at radius 1 is 0.886 bits per heavy atom. The number of carbonyl (C=O) groups excluding carboxylic acids is 3. The van der Waals surface area contributed by atoms with Crippen molar-refractivity contribution in [1.29, 1.82) is 0 Å². The van der Waals surface area contributed by atoms with Crippen LogP contribution in [0.15, 0.2) is 94.8 Å². The van der Waals surface area contributed by atoms with Gasteiger partial charge in [0.25, 0.3) is 6.47 Å². The first-order chi connectivity index (χ1) is 17.1. The van der Waals surface area contributed by atoms with E-state index in [2.05, 4.69) is 15.5 Å². The zero-order chi connectivity index (χ0) is 24.3. The van der Waals surface area contributed by atoms with E-state index in [0.29, 0.717) is 12.0 Å². The maximum absolute atomic E-state index is 12.2. The third kappa shape index (κ3) is 4.72. The number of nitrogens with zero attached hydrogens (tertiary/aromatic N) is 2. The SMILES string of the molecule is O=COC1(c2ccc(-c3ccc(C4=C(NC(=O)OCc5ccccc5)C(=O)N=N4)cc3)cc2)CC1. The van der Waals surface area contributed by atoms with Crippen molar-refractivity contribution in [3.63, 3.8) is 0 Å². The number of azo groups is 1. The Labute approximate surface area is 201 Å². The summed E-state index contributed by atoms with van der Waals surface area (Å²) in [5, 5.41) is 10.0. The summed E-state index contributed by atoms with van der Waals surface area (Å²) in [7, 11) is 0. The highest BCUT2D eigenvalue weighted by Crippen LogP contribution is 2.49. The van der Waals surface area contributed by atoms with Crippen molar-refractivity contribution >= 4 is 24.2 Å². The maximum Gasteiger partial charge on any atom is 0.412 e. The number of amides is 2. The second-order valence-electron chi connectivity index (χ2n) is 8.28. The predicted molar refractivity (Wildman–Crippen MR) is 126 cm³/mol. The smallest absolute Gasteiger partial charge is 0.412 e. The topological polar surface area (TPSA) is 106 Å². The van der Waals surface area contributed by atoms with Gasteiger partial charge >= 0.3 is 12.0 Å². The average molecular weight is 467 g/mol. The molecule has 3 aromatic rings. The number of hydrogen-bond donors (Lipinski definition) is 1. The first-order valence-electron chi connectivity index (χ1n) is 11.1. The zero-order valence-corrected chi connectivity index (χ0v) is 18.6. The van der Waals surface area contributed by atoms with Crippen LogP contribution < -0.4 is 5.32 Å². The van der Waals surface area contributed by atoms with Crippen molar-refractivity contribution < 1.29 is 23.9 Å². The lowest BCUT2D eigenvalue weighted by Crippen LogP contribution is -2.27. The molecule has 0 radical (unpaired) electrons. The standard InChI is InChI=1S/C27H21N3O5/c31-17-35-27(14-15-27)22-12-10-20(11-13-22)19-6-8-21(9-7-19)23-24(25(32)30-29-23)28-26(33)34-16-18-4-2-1-3-5-18/h1-13,17H,14-16H2,(H,28,30,32,33). The highest BCUT2D eigenvalue weighted by atomic mass is 16.6. The second-order valence-corrected chi connectivity index (χ2v) is 8.28. The number of rotatable bonds is 8. The van der Waals surface area contributed by atoms with E-state index in [-0.39, 0.29) is 18.0 Å². The summed E-state index contributed by atoms with van der Waals surface area (Å²) in [6.45, 7) is 0.583. The van der Waals surface area contributed by atoms with Crippen LogP contribution >= 0.6 is 0 Å². The van der Waals surface area contributed by atoms with Gasteiger partial charge in [0, 0.05) is 5.56 Å². The summed E-state index contributed by atoms with van der Waals surface area (Å²) >= 11 is 0. The van der Waals surface area contributed by atoms with E-state index in [1.165, 1.54) is 0 Å². The lowest BCUT2D eigenvalue weighted by Gasteiger charge is -2.14. The fourth-order valence-corrected chi connectivity index (χ4v) is 3.94. The molecule has 5 rings (SSSR count). The van der Waals surface area contributed by atoms with Crippen molar-refractivity contribution in [2.45, 2.75) is 25.0 Å². The molecule has 35 heavy (non-hydrogen) atoms. The minimum atomic E-state index is -0.759. The first-order valence-corrected chi connectivity index (χ1v) is 11.1. The maximum atomic E-state index is 12.2. The molecule has 1 saturated carbocycles. The van der Waals surface area contributed by atoms with Gasteiger partial charge in [-0.05, 0) is 35.1 Å². The molecule has 8 heteroatoms. The van der Waals surface area contributed by atoms with Crippen LogP contribution in [0.1, 0.15) is 29.5 Å². The third-order valence-corrected chi connectivity index (χ3v) is 6.01. The Bertz CT molecular complexity index is 1330.